The average molecular weight is 436 g/mol. The summed E-state index contributed by atoms with van der Waals surface area (Å²) in [5.41, 5.74) is -1.17. The van der Waals surface area contributed by atoms with Gasteiger partial charge in [0.15, 0.2) is 11.5 Å². The summed E-state index contributed by atoms with van der Waals surface area (Å²) < 4.78 is 33.5. The van der Waals surface area contributed by atoms with Gasteiger partial charge in [-0.05, 0) is 55.5 Å². The van der Waals surface area contributed by atoms with Crippen molar-refractivity contribution in [2.45, 2.75) is 12.5 Å². The average Bonchev–Trinajstić information content (AvgIpc) is 2.83. The largest absolute Gasteiger partial charge is 0.490 e. The number of esters is 1. The summed E-state index contributed by atoms with van der Waals surface area (Å²) in [4.78, 5) is 11.9. The molecule has 0 radical (unpaired) electrons. The summed E-state index contributed by atoms with van der Waals surface area (Å²) in [5, 5.41) is 0. The van der Waals surface area contributed by atoms with Gasteiger partial charge in [0.05, 0.1) is 7.11 Å². The van der Waals surface area contributed by atoms with Crippen LogP contribution in [-0.4, -0.2) is 38.5 Å². The number of para-hydroxylation sites is 1. The van der Waals surface area contributed by atoms with Gasteiger partial charge in [0, 0.05) is 6.07 Å². The van der Waals surface area contributed by atoms with Gasteiger partial charge in [-0.2, -0.15) is 0 Å². The van der Waals surface area contributed by atoms with E-state index in [4.69, 9.17) is 28.4 Å². The summed E-state index contributed by atoms with van der Waals surface area (Å²) in [6.45, 7) is 2.41. The zero-order chi connectivity index (χ0) is 22.4. The van der Waals surface area contributed by atoms with Crippen LogP contribution in [0.15, 0.2) is 72.8 Å². The highest BCUT2D eigenvalue weighted by atomic mass is 16.6. The maximum atomic E-state index is 11.9. The van der Waals surface area contributed by atoms with Crippen LogP contribution in [0.1, 0.15) is 6.92 Å². The molecule has 0 saturated heterocycles. The molecule has 0 amide bonds. The van der Waals surface area contributed by atoms with Crippen molar-refractivity contribution in [1.82, 2.24) is 0 Å². The first kappa shape index (κ1) is 21.4. The zero-order valence-corrected chi connectivity index (χ0v) is 17.9. The summed E-state index contributed by atoms with van der Waals surface area (Å²) in [5.74, 6) is 3.34. The lowest BCUT2D eigenvalue weighted by Gasteiger charge is -2.33. The smallest absolute Gasteiger partial charge is 0.353 e. The van der Waals surface area contributed by atoms with Crippen LogP contribution in [0.4, 0.5) is 0 Å². The van der Waals surface area contributed by atoms with Gasteiger partial charge in [-0.15, -0.1) is 0 Å². The molecule has 0 aromatic heterocycles. The number of hydrogen-bond donors (Lipinski definition) is 0. The lowest BCUT2D eigenvalue weighted by molar-refractivity contribution is -0.162. The van der Waals surface area contributed by atoms with Crippen LogP contribution in [0.3, 0.4) is 0 Å². The fourth-order valence-electron chi connectivity index (χ4n) is 3.13. The van der Waals surface area contributed by atoms with Crippen molar-refractivity contribution in [2.75, 3.05) is 26.9 Å². The summed E-state index contributed by atoms with van der Waals surface area (Å²) in [6.07, 6.45) is 0. The first-order valence-electron chi connectivity index (χ1n) is 10.2. The highest BCUT2D eigenvalue weighted by Crippen LogP contribution is 2.38. The number of carbonyl (C=O) groups excluding carboxylic acids is 1. The Morgan fingerprint density at radius 2 is 1.47 bits per heavy atom. The number of ether oxygens (including phenoxy) is 6. The number of rotatable bonds is 8. The van der Waals surface area contributed by atoms with E-state index in [-0.39, 0.29) is 6.61 Å². The quantitative estimate of drug-likeness (QED) is 0.376. The van der Waals surface area contributed by atoms with Gasteiger partial charge in [-0.25, -0.2) is 4.79 Å². The molecule has 4 rings (SSSR count). The fraction of sp³-hybridized carbons (Fsp3) is 0.240. The summed E-state index contributed by atoms with van der Waals surface area (Å²) >= 11 is 0. The molecule has 0 spiro atoms. The summed E-state index contributed by atoms with van der Waals surface area (Å²) in [6, 6.07) is 22.2. The molecule has 0 bridgehead atoms. The predicted octanol–water partition coefficient (Wildman–Crippen LogP) is 4.64. The van der Waals surface area contributed by atoms with Crippen LogP contribution < -0.4 is 23.7 Å². The van der Waals surface area contributed by atoms with Gasteiger partial charge in [-0.3, -0.25) is 0 Å². The topological polar surface area (TPSA) is 72.5 Å². The second-order valence-corrected chi connectivity index (χ2v) is 7.31. The number of benzene rings is 3. The molecule has 1 unspecified atom stereocenters. The molecule has 1 atom stereocenters. The number of fused-ring (bicyclic) bond motifs is 1. The van der Waals surface area contributed by atoms with Gasteiger partial charge in [0.1, 0.15) is 42.8 Å². The molecule has 32 heavy (non-hydrogen) atoms. The molecule has 3 aromatic carbocycles. The van der Waals surface area contributed by atoms with Crippen LogP contribution in [0, 0.1) is 0 Å². The van der Waals surface area contributed by atoms with E-state index in [0.29, 0.717) is 30.5 Å². The highest BCUT2D eigenvalue weighted by molar-refractivity contribution is 5.80. The SMILES string of the molecule is COC(=O)C1(C)COc2cc(OCCOc3ccc(Oc4ccccc4)cc3)ccc2O1. The van der Waals surface area contributed by atoms with Crippen molar-refractivity contribution >= 4 is 5.97 Å². The molecule has 0 fully saturated rings. The monoisotopic (exact) mass is 436 g/mol. The van der Waals surface area contributed by atoms with Gasteiger partial charge < -0.3 is 28.4 Å². The van der Waals surface area contributed by atoms with E-state index in [1.54, 1.807) is 25.1 Å². The fourth-order valence-corrected chi connectivity index (χ4v) is 3.13. The van der Waals surface area contributed by atoms with Gasteiger partial charge in [0.2, 0.25) is 5.60 Å². The lowest BCUT2D eigenvalue weighted by Crippen LogP contribution is -2.49. The predicted molar refractivity (Wildman–Crippen MR) is 117 cm³/mol. The van der Waals surface area contributed by atoms with Gasteiger partial charge in [-0.1, -0.05) is 18.2 Å². The van der Waals surface area contributed by atoms with E-state index >= 15 is 0 Å². The van der Waals surface area contributed by atoms with Gasteiger partial charge >= 0.3 is 5.97 Å². The van der Waals surface area contributed by atoms with Crippen LogP contribution in [0.25, 0.3) is 0 Å². The van der Waals surface area contributed by atoms with Gasteiger partial charge in [0.25, 0.3) is 0 Å². The Labute approximate surface area is 186 Å². The van der Waals surface area contributed by atoms with Crippen molar-refractivity contribution in [3.8, 4) is 34.5 Å². The van der Waals surface area contributed by atoms with Crippen molar-refractivity contribution in [3.63, 3.8) is 0 Å². The standard InChI is InChI=1S/C25H24O7/c1-25(24(26)27-2)17-30-23-16-21(12-13-22(23)32-25)29-15-14-28-18-8-10-20(11-9-18)31-19-6-4-3-5-7-19/h3-13,16H,14-15,17H2,1-2H3. The molecule has 7 nitrogen and oxygen atoms in total. The van der Waals surface area contributed by atoms with Crippen LogP contribution in [0.5, 0.6) is 34.5 Å². The maximum Gasteiger partial charge on any atom is 0.353 e. The Morgan fingerprint density at radius 3 is 2.19 bits per heavy atom. The second-order valence-electron chi connectivity index (χ2n) is 7.31. The third-order valence-corrected chi connectivity index (χ3v) is 4.79. The second kappa shape index (κ2) is 9.51. The first-order chi connectivity index (χ1) is 15.6. The van der Waals surface area contributed by atoms with Crippen molar-refractivity contribution in [3.05, 3.63) is 72.8 Å². The zero-order valence-electron chi connectivity index (χ0n) is 17.9. The molecule has 3 aromatic rings. The molecule has 1 aliphatic heterocycles. The molecule has 0 N–H and O–H groups in total. The summed E-state index contributed by atoms with van der Waals surface area (Å²) in [7, 11) is 1.32. The van der Waals surface area contributed by atoms with E-state index in [2.05, 4.69) is 0 Å². The van der Waals surface area contributed by atoms with E-state index in [0.717, 1.165) is 17.2 Å². The molecule has 1 heterocycles. The molecule has 0 aliphatic carbocycles. The maximum absolute atomic E-state index is 11.9. The number of hydrogen-bond acceptors (Lipinski definition) is 7. The molecule has 7 heteroatoms. The van der Waals surface area contributed by atoms with Crippen LogP contribution in [0.2, 0.25) is 0 Å². The Morgan fingerprint density at radius 1 is 0.844 bits per heavy atom. The molecule has 0 saturated carbocycles. The van der Waals surface area contributed by atoms with Crippen LogP contribution in [-0.2, 0) is 9.53 Å². The highest BCUT2D eigenvalue weighted by Gasteiger charge is 2.42. The van der Waals surface area contributed by atoms with Crippen molar-refractivity contribution in [2.24, 2.45) is 0 Å². The van der Waals surface area contributed by atoms with Crippen molar-refractivity contribution in [1.29, 1.82) is 0 Å². The lowest BCUT2D eigenvalue weighted by atomic mass is 10.1. The Balaban J connectivity index is 1.24. The van der Waals surface area contributed by atoms with E-state index in [1.165, 1.54) is 7.11 Å². The minimum atomic E-state index is -1.17. The number of carbonyl (C=O) groups is 1. The van der Waals surface area contributed by atoms with E-state index in [1.807, 2.05) is 54.6 Å². The third kappa shape index (κ3) is 5.06. The minimum Gasteiger partial charge on any atom is -0.490 e. The molecular formula is C25H24O7. The van der Waals surface area contributed by atoms with Crippen molar-refractivity contribution < 1.29 is 33.2 Å². The van der Waals surface area contributed by atoms with E-state index in [9.17, 15) is 4.79 Å². The molecular weight excluding hydrogens is 412 g/mol. The third-order valence-electron chi connectivity index (χ3n) is 4.79. The molecule has 1 aliphatic rings. The first-order valence-corrected chi connectivity index (χ1v) is 10.2. The number of methoxy groups -OCH3 is 1. The normalized spacial score (nSPS) is 16.7. The molecule has 166 valence electrons. The Bertz CT molecular complexity index is 1050. The Hall–Kier alpha value is -3.87. The minimum absolute atomic E-state index is 0.0587. The van der Waals surface area contributed by atoms with E-state index < -0.39 is 11.6 Å². The van der Waals surface area contributed by atoms with Crippen LogP contribution >= 0.6 is 0 Å². The Kier molecular flexibility index (Phi) is 6.35.